The van der Waals surface area contributed by atoms with E-state index in [1.807, 2.05) is 0 Å². The minimum absolute atomic E-state index is 0.00262. The van der Waals surface area contributed by atoms with Gasteiger partial charge >= 0.3 is 0 Å². The average Bonchev–Trinajstić information content (AvgIpc) is 3.62. The van der Waals surface area contributed by atoms with E-state index in [0.29, 0.717) is 39.0 Å². The highest BCUT2D eigenvalue weighted by atomic mass is 35.5. The standard InChI is InChI=1S/C25H30ClN5O7S2/c26-22-10-9-19(39(35,36)27-11-5-13-30-12-4-8-23(30)32)17-21(22)25(34)29-28-24(33)18-6-3-7-20(16-18)40(37,38)31-14-1-2-15-31/h3,6-7,9-10,16-17,27H,1-2,4-5,8,11-15H2,(H,28,33)(H,29,34). The van der Waals surface area contributed by atoms with Crippen LogP contribution in [0.15, 0.2) is 52.3 Å². The summed E-state index contributed by atoms with van der Waals surface area (Å²) < 4.78 is 54.9. The molecular weight excluding hydrogens is 582 g/mol. The van der Waals surface area contributed by atoms with Crippen molar-refractivity contribution in [3.8, 4) is 0 Å². The fraction of sp³-hybridized carbons (Fsp3) is 0.400. The zero-order valence-corrected chi connectivity index (χ0v) is 23.9. The van der Waals surface area contributed by atoms with Crippen LogP contribution in [0.4, 0.5) is 0 Å². The first kappa shape index (κ1) is 29.9. The second kappa shape index (κ2) is 12.6. The molecule has 216 valence electrons. The summed E-state index contributed by atoms with van der Waals surface area (Å²) in [4.78, 5) is 38.5. The molecule has 0 aromatic heterocycles. The maximum Gasteiger partial charge on any atom is 0.271 e. The molecule has 0 bridgehead atoms. The second-order valence-electron chi connectivity index (χ2n) is 9.42. The lowest BCUT2D eigenvalue weighted by atomic mass is 10.2. The number of halogens is 1. The summed E-state index contributed by atoms with van der Waals surface area (Å²) in [5, 5.41) is -0.0445. The Labute approximate surface area is 238 Å². The zero-order chi connectivity index (χ0) is 28.9. The Balaban J connectivity index is 1.36. The SMILES string of the molecule is O=C(NNC(=O)c1cc(S(=O)(=O)NCCCN2CCCC2=O)ccc1Cl)c1cccc(S(=O)(=O)N2CCCC2)c1. The molecule has 0 unspecified atom stereocenters. The number of carbonyl (C=O) groups excluding carboxylic acids is 3. The normalized spacial score (nSPS) is 16.3. The maximum atomic E-state index is 12.8. The van der Waals surface area contributed by atoms with Crippen LogP contribution in [-0.4, -0.2) is 76.5 Å². The van der Waals surface area contributed by atoms with Gasteiger partial charge in [-0.1, -0.05) is 17.7 Å². The van der Waals surface area contributed by atoms with Crippen LogP contribution in [0.25, 0.3) is 0 Å². The summed E-state index contributed by atoms with van der Waals surface area (Å²) in [7, 11) is -7.72. The summed E-state index contributed by atoms with van der Waals surface area (Å²) in [6, 6.07) is 9.03. The van der Waals surface area contributed by atoms with Gasteiger partial charge in [0.1, 0.15) is 0 Å². The van der Waals surface area contributed by atoms with Crippen molar-refractivity contribution in [2.75, 3.05) is 32.7 Å². The molecule has 0 spiro atoms. The third kappa shape index (κ3) is 6.99. The van der Waals surface area contributed by atoms with Gasteiger partial charge in [0.25, 0.3) is 11.8 Å². The number of hydrogen-bond donors (Lipinski definition) is 3. The topological polar surface area (TPSA) is 162 Å². The third-order valence-electron chi connectivity index (χ3n) is 6.65. The maximum absolute atomic E-state index is 12.8. The van der Waals surface area contributed by atoms with Gasteiger partial charge in [-0.05, 0) is 62.1 Å². The second-order valence-corrected chi connectivity index (χ2v) is 13.5. The van der Waals surface area contributed by atoms with Crippen molar-refractivity contribution in [3.63, 3.8) is 0 Å². The predicted molar refractivity (Wildman–Crippen MR) is 146 cm³/mol. The number of carbonyl (C=O) groups is 3. The number of likely N-dealkylation sites (tertiary alicyclic amines) is 1. The molecule has 2 aromatic rings. The summed E-state index contributed by atoms with van der Waals surface area (Å²) in [6.45, 7) is 2.04. The van der Waals surface area contributed by atoms with Crippen molar-refractivity contribution in [1.82, 2.24) is 24.8 Å². The van der Waals surface area contributed by atoms with Crippen LogP contribution >= 0.6 is 11.6 Å². The van der Waals surface area contributed by atoms with E-state index in [1.54, 1.807) is 4.90 Å². The van der Waals surface area contributed by atoms with Gasteiger partial charge in [0.05, 0.1) is 20.4 Å². The number of rotatable bonds is 10. The highest BCUT2D eigenvalue weighted by molar-refractivity contribution is 7.89. The van der Waals surface area contributed by atoms with Crippen LogP contribution in [0.5, 0.6) is 0 Å². The third-order valence-corrected chi connectivity index (χ3v) is 10.3. The molecule has 0 saturated carbocycles. The van der Waals surface area contributed by atoms with E-state index in [2.05, 4.69) is 15.6 Å². The quantitative estimate of drug-likeness (QED) is 0.271. The van der Waals surface area contributed by atoms with Gasteiger partial charge in [-0.25, -0.2) is 21.6 Å². The molecule has 2 heterocycles. The van der Waals surface area contributed by atoms with Crippen LogP contribution in [0.1, 0.15) is 52.8 Å². The van der Waals surface area contributed by atoms with Crippen molar-refractivity contribution in [3.05, 3.63) is 58.6 Å². The molecule has 4 rings (SSSR count). The van der Waals surface area contributed by atoms with E-state index < -0.39 is 31.9 Å². The number of nitrogens with one attached hydrogen (secondary N) is 3. The largest absolute Gasteiger partial charge is 0.343 e. The van der Waals surface area contributed by atoms with Crippen LogP contribution in [0.3, 0.4) is 0 Å². The van der Waals surface area contributed by atoms with Crippen molar-refractivity contribution >= 4 is 49.4 Å². The highest BCUT2D eigenvalue weighted by Crippen LogP contribution is 2.22. The molecule has 2 aromatic carbocycles. The Kier molecular flexibility index (Phi) is 9.46. The van der Waals surface area contributed by atoms with Crippen LogP contribution < -0.4 is 15.6 Å². The Morgan fingerprint density at radius 1 is 0.875 bits per heavy atom. The first-order valence-corrected chi connectivity index (χ1v) is 16.1. The van der Waals surface area contributed by atoms with E-state index in [1.165, 1.54) is 40.7 Å². The summed E-state index contributed by atoms with van der Waals surface area (Å²) in [5.74, 6) is -1.59. The molecule has 3 amide bonds. The molecule has 15 heteroatoms. The van der Waals surface area contributed by atoms with E-state index in [-0.39, 0.29) is 38.4 Å². The van der Waals surface area contributed by atoms with Crippen LogP contribution in [0, 0.1) is 0 Å². The lowest BCUT2D eigenvalue weighted by Gasteiger charge is -2.16. The van der Waals surface area contributed by atoms with Gasteiger partial charge < -0.3 is 4.90 Å². The van der Waals surface area contributed by atoms with Gasteiger partial charge in [-0.3, -0.25) is 25.2 Å². The molecule has 2 fully saturated rings. The molecule has 0 atom stereocenters. The van der Waals surface area contributed by atoms with Crippen molar-refractivity contribution in [2.45, 2.75) is 41.9 Å². The fourth-order valence-corrected chi connectivity index (χ4v) is 7.34. The summed E-state index contributed by atoms with van der Waals surface area (Å²) >= 11 is 6.12. The van der Waals surface area contributed by atoms with Gasteiger partial charge in [-0.15, -0.1) is 0 Å². The van der Waals surface area contributed by atoms with Crippen LogP contribution in [0.2, 0.25) is 5.02 Å². The molecule has 2 aliphatic rings. The first-order chi connectivity index (χ1) is 19.0. The lowest BCUT2D eigenvalue weighted by molar-refractivity contribution is -0.127. The van der Waals surface area contributed by atoms with Gasteiger partial charge in [0.15, 0.2) is 0 Å². The fourth-order valence-electron chi connectivity index (χ4n) is 4.47. The number of benzene rings is 2. The van der Waals surface area contributed by atoms with E-state index in [4.69, 9.17) is 11.6 Å². The first-order valence-electron chi connectivity index (χ1n) is 12.8. The molecule has 40 heavy (non-hydrogen) atoms. The van der Waals surface area contributed by atoms with E-state index in [9.17, 15) is 31.2 Å². The predicted octanol–water partition coefficient (Wildman–Crippen LogP) is 1.49. The molecule has 2 saturated heterocycles. The molecular formula is C25H30ClN5O7S2. The highest BCUT2D eigenvalue weighted by Gasteiger charge is 2.28. The summed E-state index contributed by atoms with van der Waals surface area (Å²) in [5.41, 5.74) is 4.19. The van der Waals surface area contributed by atoms with Crippen molar-refractivity contribution in [1.29, 1.82) is 0 Å². The molecule has 0 radical (unpaired) electrons. The monoisotopic (exact) mass is 611 g/mol. The molecule has 0 aliphatic carbocycles. The van der Waals surface area contributed by atoms with Gasteiger partial charge in [-0.2, -0.15) is 4.31 Å². The number of amides is 3. The number of hydrazine groups is 1. The number of sulfonamides is 2. The smallest absolute Gasteiger partial charge is 0.271 e. The Morgan fingerprint density at radius 2 is 1.60 bits per heavy atom. The van der Waals surface area contributed by atoms with E-state index in [0.717, 1.165) is 25.3 Å². The van der Waals surface area contributed by atoms with Crippen molar-refractivity contribution < 1.29 is 31.2 Å². The lowest BCUT2D eigenvalue weighted by Crippen LogP contribution is -2.42. The zero-order valence-electron chi connectivity index (χ0n) is 21.6. The molecule has 12 nitrogen and oxygen atoms in total. The van der Waals surface area contributed by atoms with Gasteiger partial charge in [0.2, 0.25) is 26.0 Å². The number of nitrogens with zero attached hydrogens (tertiary/aromatic N) is 2. The van der Waals surface area contributed by atoms with Crippen molar-refractivity contribution in [2.24, 2.45) is 0 Å². The number of hydrogen-bond acceptors (Lipinski definition) is 7. The van der Waals surface area contributed by atoms with Gasteiger partial charge in [0, 0.05) is 44.7 Å². The molecule has 3 N–H and O–H groups in total. The minimum Gasteiger partial charge on any atom is -0.343 e. The average molecular weight is 612 g/mol. The Bertz CT molecular complexity index is 1510. The Hall–Kier alpha value is -3.04. The minimum atomic E-state index is -3.98. The molecule has 2 aliphatic heterocycles. The Morgan fingerprint density at radius 3 is 2.30 bits per heavy atom. The van der Waals surface area contributed by atoms with E-state index >= 15 is 0 Å². The summed E-state index contributed by atoms with van der Waals surface area (Å²) in [6.07, 6.45) is 3.28. The van der Waals surface area contributed by atoms with Crippen LogP contribution in [-0.2, 0) is 24.8 Å².